The molecule has 0 radical (unpaired) electrons. The van der Waals surface area contributed by atoms with Gasteiger partial charge in [-0.25, -0.2) is 9.18 Å². The molecule has 0 aliphatic rings. The average molecular weight is 297 g/mol. The number of nitrogens with one attached hydrogen (secondary N) is 3. The Morgan fingerprint density at radius 1 is 1.14 bits per heavy atom. The van der Waals surface area contributed by atoms with Crippen molar-refractivity contribution in [3.05, 3.63) is 66.1 Å². The molecule has 1 heterocycles. The van der Waals surface area contributed by atoms with E-state index in [4.69, 9.17) is 0 Å². The zero-order chi connectivity index (χ0) is 15.4. The minimum Gasteiger partial charge on any atom is -0.361 e. The quantitative estimate of drug-likeness (QED) is 0.676. The summed E-state index contributed by atoms with van der Waals surface area (Å²) in [5, 5.41) is 6.53. The summed E-state index contributed by atoms with van der Waals surface area (Å²) < 4.78 is 13.0. The van der Waals surface area contributed by atoms with Crippen molar-refractivity contribution in [2.45, 2.75) is 6.42 Å². The standard InChI is InChI=1S/C17H16FN3O/c18-13-4-3-5-14(10-13)21-17(22)19-9-8-12-11-20-16-7-2-1-6-15(12)16/h1-7,10-11,20H,8-9H2,(H2,19,21,22). The number of anilines is 1. The molecule has 112 valence electrons. The summed E-state index contributed by atoms with van der Waals surface area (Å²) >= 11 is 0. The molecule has 5 heteroatoms. The number of fused-ring (bicyclic) bond motifs is 1. The van der Waals surface area contributed by atoms with Crippen molar-refractivity contribution in [2.24, 2.45) is 0 Å². The number of urea groups is 1. The van der Waals surface area contributed by atoms with Gasteiger partial charge in [-0.15, -0.1) is 0 Å². The number of carbonyl (C=O) groups is 1. The van der Waals surface area contributed by atoms with Crippen LogP contribution in [-0.2, 0) is 6.42 Å². The largest absolute Gasteiger partial charge is 0.361 e. The minimum atomic E-state index is -0.378. The number of aromatic amines is 1. The Kier molecular flexibility index (Phi) is 4.05. The number of aromatic nitrogens is 1. The fourth-order valence-corrected chi connectivity index (χ4v) is 2.39. The predicted octanol–water partition coefficient (Wildman–Crippen LogP) is 3.67. The molecule has 0 fully saturated rings. The molecule has 0 saturated carbocycles. The lowest BCUT2D eigenvalue weighted by Crippen LogP contribution is -2.30. The smallest absolute Gasteiger partial charge is 0.319 e. The molecule has 0 spiro atoms. The molecular weight excluding hydrogens is 281 g/mol. The second-order valence-electron chi connectivity index (χ2n) is 5.00. The van der Waals surface area contributed by atoms with Gasteiger partial charge in [-0.2, -0.15) is 0 Å². The number of para-hydroxylation sites is 1. The average Bonchev–Trinajstić information content (AvgIpc) is 2.91. The van der Waals surface area contributed by atoms with Crippen molar-refractivity contribution in [2.75, 3.05) is 11.9 Å². The summed E-state index contributed by atoms with van der Waals surface area (Å²) in [6, 6.07) is 13.5. The first-order valence-electron chi connectivity index (χ1n) is 7.08. The molecule has 3 aromatic rings. The van der Waals surface area contributed by atoms with E-state index in [1.54, 1.807) is 12.1 Å². The van der Waals surface area contributed by atoms with Crippen LogP contribution in [0.3, 0.4) is 0 Å². The van der Waals surface area contributed by atoms with Crippen LogP contribution in [0.4, 0.5) is 14.9 Å². The molecule has 1 aromatic heterocycles. The Morgan fingerprint density at radius 2 is 2.00 bits per heavy atom. The minimum absolute atomic E-state index is 0.342. The van der Waals surface area contributed by atoms with Crippen molar-refractivity contribution >= 4 is 22.6 Å². The van der Waals surface area contributed by atoms with Gasteiger partial charge in [-0.3, -0.25) is 0 Å². The summed E-state index contributed by atoms with van der Waals surface area (Å²) in [6.07, 6.45) is 2.68. The third-order valence-electron chi connectivity index (χ3n) is 3.44. The summed E-state index contributed by atoms with van der Waals surface area (Å²) in [5.74, 6) is -0.378. The van der Waals surface area contributed by atoms with Crippen LogP contribution in [-0.4, -0.2) is 17.6 Å². The van der Waals surface area contributed by atoms with Gasteiger partial charge in [0.15, 0.2) is 0 Å². The zero-order valence-electron chi connectivity index (χ0n) is 11.9. The number of hydrogen-bond acceptors (Lipinski definition) is 1. The first-order chi connectivity index (χ1) is 10.7. The second-order valence-corrected chi connectivity index (χ2v) is 5.00. The van der Waals surface area contributed by atoms with E-state index in [9.17, 15) is 9.18 Å². The Hall–Kier alpha value is -2.82. The molecular formula is C17H16FN3O. The van der Waals surface area contributed by atoms with Crippen LogP contribution in [0.2, 0.25) is 0 Å². The van der Waals surface area contributed by atoms with E-state index in [0.717, 1.165) is 22.9 Å². The van der Waals surface area contributed by atoms with E-state index in [1.807, 2.05) is 30.5 Å². The highest BCUT2D eigenvalue weighted by Gasteiger charge is 2.05. The van der Waals surface area contributed by atoms with Gasteiger partial charge in [-0.1, -0.05) is 24.3 Å². The topological polar surface area (TPSA) is 56.9 Å². The van der Waals surface area contributed by atoms with E-state index in [-0.39, 0.29) is 11.8 Å². The predicted molar refractivity (Wildman–Crippen MR) is 85.4 cm³/mol. The lowest BCUT2D eigenvalue weighted by Gasteiger charge is -2.07. The lowest BCUT2D eigenvalue weighted by molar-refractivity contribution is 0.252. The molecule has 4 nitrogen and oxygen atoms in total. The molecule has 3 rings (SSSR count). The van der Waals surface area contributed by atoms with E-state index in [0.29, 0.717) is 12.2 Å². The molecule has 0 unspecified atom stereocenters. The van der Waals surface area contributed by atoms with E-state index in [2.05, 4.69) is 15.6 Å². The van der Waals surface area contributed by atoms with Gasteiger partial charge >= 0.3 is 6.03 Å². The Balaban J connectivity index is 1.53. The number of H-pyrrole nitrogens is 1. The van der Waals surface area contributed by atoms with Crippen LogP contribution >= 0.6 is 0 Å². The normalized spacial score (nSPS) is 10.6. The van der Waals surface area contributed by atoms with Crippen LogP contribution in [0, 0.1) is 5.82 Å². The van der Waals surface area contributed by atoms with Crippen molar-refractivity contribution in [3.63, 3.8) is 0 Å². The van der Waals surface area contributed by atoms with Crippen molar-refractivity contribution in [3.8, 4) is 0 Å². The molecule has 2 aromatic carbocycles. The molecule has 2 amide bonds. The molecule has 0 bridgehead atoms. The van der Waals surface area contributed by atoms with Crippen LogP contribution in [0.25, 0.3) is 10.9 Å². The maximum Gasteiger partial charge on any atom is 0.319 e. The maximum absolute atomic E-state index is 13.0. The number of halogens is 1. The van der Waals surface area contributed by atoms with Crippen molar-refractivity contribution < 1.29 is 9.18 Å². The molecule has 0 saturated heterocycles. The highest BCUT2D eigenvalue weighted by atomic mass is 19.1. The number of rotatable bonds is 4. The Labute approximate surface area is 127 Å². The van der Waals surface area contributed by atoms with E-state index in [1.165, 1.54) is 12.1 Å². The van der Waals surface area contributed by atoms with Crippen molar-refractivity contribution in [1.29, 1.82) is 0 Å². The summed E-state index contributed by atoms with van der Waals surface area (Å²) in [5.41, 5.74) is 2.67. The van der Waals surface area contributed by atoms with E-state index < -0.39 is 0 Å². The molecule has 0 aliphatic heterocycles. The van der Waals surface area contributed by atoms with Gasteiger partial charge in [0.2, 0.25) is 0 Å². The SMILES string of the molecule is O=C(NCCc1c[nH]c2ccccc12)Nc1cccc(F)c1. The maximum atomic E-state index is 13.0. The third kappa shape index (κ3) is 3.25. The molecule has 0 aliphatic carbocycles. The zero-order valence-corrected chi connectivity index (χ0v) is 11.9. The fourth-order valence-electron chi connectivity index (χ4n) is 2.39. The van der Waals surface area contributed by atoms with Crippen LogP contribution in [0.1, 0.15) is 5.56 Å². The number of carbonyl (C=O) groups excluding carboxylic acids is 1. The van der Waals surface area contributed by atoms with E-state index >= 15 is 0 Å². The molecule has 3 N–H and O–H groups in total. The van der Waals surface area contributed by atoms with Gasteiger partial charge in [0.1, 0.15) is 5.82 Å². The summed E-state index contributed by atoms with van der Waals surface area (Å²) in [6.45, 7) is 0.503. The number of hydrogen-bond donors (Lipinski definition) is 3. The van der Waals surface area contributed by atoms with Crippen LogP contribution in [0.15, 0.2) is 54.7 Å². The van der Waals surface area contributed by atoms with Crippen LogP contribution < -0.4 is 10.6 Å². The van der Waals surface area contributed by atoms with Gasteiger partial charge in [0.25, 0.3) is 0 Å². The first-order valence-corrected chi connectivity index (χ1v) is 7.08. The third-order valence-corrected chi connectivity index (χ3v) is 3.44. The molecule has 0 atom stereocenters. The first kappa shape index (κ1) is 14.1. The highest BCUT2D eigenvalue weighted by molar-refractivity contribution is 5.89. The lowest BCUT2D eigenvalue weighted by atomic mass is 10.1. The fraction of sp³-hybridized carbons (Fsp3) is 0.118. The van der Waals surface area contributed by atoms with Gasteiger partial charge in [0, 0.05) is 29.3 Å². The Morgan fingerprint density at radius 3 is 2.86 bits per heavy atom. The highest BCUT2D eigenvalue weighted by Crippen LogP contribution is 2.17. The Bertz CT molecular complexity index is 797. The monoisotopic (exact) mass is 297 g/mol. The van der Waals surface area contributed by atoms with Gasteiger partial charge in [-0.05, 0) is 36.2 Å². The van der Waals surface area contributed by atoms with Crippen molar-refractivity contribution in [1.82, 2.24) is 10.3 Å². The summed E-state index contributed by atoms with van der Waals surface area (Å²) in [4.78, 5) is 15.0. The number of amides is 2. The molecule has 22 heavy (non-hydrogen) atoms. The number of benzene rings is 2. The van der Waals surface area contributed by atoms with Gasteiger partial charge < -0.3 is 15.6 Å². The summed E-state index contributed by atoms with van der Waals surface area (Å²) in [7, 11) is 0. The second kappa shape index (κ2) is 6.30. The van der Waals surface area contributed by atoms with Crippen LogP contribution in [0.5, 0.6) is 0 Å². The van der Waals surface area contributed by atoms with Gasteiger partial charge in [0.05, 0.1) is 0 Å².